The lowest BCUT2D eigenvalue weighted by molar-refractivity contribution is 0.0718. The van der Waals surface area contributed by atoms with E-state index in [1.807, 2.05) is 12.1 Å². The molecule has 3 rings (SSSR count). The Labute approximate surface area is 128 Å². The van der Waals surface area contributed by atoms with Gasteiger partial charge in [-0.3, -0.25) is 4.90 Å². The van der Waals surface area contributed by atoms with Gasteiger partial charge in [0.2, 0.25) is 0 Å². The molecule has 2 fully saturated rings. The Morgan fingerprint density at radius 1 is 1.25 bits per heavy atom. The van der Waals surface area contributed by atoms with Gasteiger partial charge in [-0.1, -0.05) is 12.5 Å². The van der Waals surface area contributed by atoms with Gasteiger partial charge < -0.3 is 5.11 Å². The Kier molecular flexibility index (Phi) is 4.43. The fourth-order valence-corrected chi connectivity index (χ4v) is 4.25. The number of hydrogen-bond acceptors (Lipinski definition) is 2. The van der Waals surface area contributed by atoms with Gasteiger partial charge in [-0.05, 0) is 65.9 Å². The van der Waals surface area contributed by atoms with E-state index in [9.17, 15) is 9.50 Å². The van der Waals surface area contributed by atoms with E-state index < -0.39 is 0 Å². The third-order valence-electron chi connectivity index (χ3n) is 4.81. The Morgan fingerprint density at radius 3 is 2.80 bits per heavy atom. The Balaban J connectivity index is 1.70. The third-order valence-corrected chi connectivity index (χ3v) is 5.42. The first kappa shape index (κ1) is 14.5. The summed E-state index contributed by atoms with van der Waals surface area (Å²) in [6.07, 6.45) is 5.52. The maximum absolute atomic E-state index is 13.3. The molecule has 1 aromatic carbocycles. The molecule has 1 aliphatic heterocycles. The summed E-state index contributed by atoms with van der Waals surface area (Å²) in [6, 6.07) is 5.75. The van der Waals surface area contributed by atoms with Crippen LogP contribution < -0.4 is 0 Å². The summed E-state index contributed by atoms with van der Waals surface area (Å²) in [5.74, 6) is 0.222. The van der Waals surface area contributed by atoms with Crippen LogP contribution in [-0.2, 0) is 6.54 Å². The molecule has 0 amide bonds. The monoisotopic (exact) mass is 341 g/mol. The summed E-state index contributed by atoms with van der Waals surface area (Å²) in [7, 11) is 0. The van der Waals surface area contributed by atoms with Crippen molar-refractivity contribution >= 4 is 15.9 Å². The van der Waals surface area contributed by atoms with E-state index in [4.69, 9.17) is 0 Å². The number of benzene rings is 1. The predicted octanol–water partition coefficient (Wildman–Crippen LogP) is 3.71. The highest BCUT2D eigenvalue weighted by Gasteiger charge is 2.37. The third kappa shape index (κ3) is 2.92. The molecule has 1 heterocycles. The molecule has 3 atom stereocenters. The first-order valence-electron chi connectivity index (χ1n) is 7.51. The van der Waals surface area contributed by atoms with Crippen LogP contribution >= 0.6 is 15.9 Å². The standard InChI is InChI=1S/C16H21BrFNO/c17-13-9-11(6-7-14(13)18)10-19-8-2-4-15(19)12-3-1-5-16(12)20/h6-7,9,12,15-16,20H,1-5,8,10H2. The molecule has 0 aromatic heterocycles. The molecule has 1 aliphatic carbocycles. The van der Waals surface area contributed by atoms with Gasteiger partial charge in [0.15, 0.2) is 0 Å². The van der Waals surface area contributed by atoms with Crippen LogP contribution in [0.25, 0.3) is 0 Å². The summed E-state index contributed by atoms with van der Waals surface area (Å²) >= 11 is 3.25. The normalized spacial score (nSPS) is 31.1. The zero-order chi connectivity index (χ0) is 14.1. The van der Waals surface area contributed by atoms with Crippen molar-refractivity contribution in [3.8, 4) is 0 Å². The molecule has 0 bridgehead atoms. The number of aliphatic hydroxyl groups excluding tert-OH is 1. The van der Waals surface area contributed by atoms with Gasteiger partial charge in [0.05, 0.1) is 10.6 Å². The fraction of sp³-hybridized carbons (Fsp3) is 0.625. The van der Waals surface area contributed by atoms with Crippen LogP contribution in [0.2, 0.25) is 0 Å². The van der Waals surface area contributed by atoms with Crippen molar-refractivity contribution in [2.75, 3.05) is 6.54 Å². The van der Waals surface area contributed by atoms with Gasteiger partial charge >= 0.3 is 0 Å². The molecule has 110 valence electrons. The van der Waals surface area contributed by atoms with Crippen molar-refractivity contribution in [1.82, 2.24) is 4.90 Å². The van der Waals surface area contributed by atoms with Crippen LogP contribution in [0.5, 0.6) is 0 Å². The molecule has 1 N–H and O–H groups in total. The van der Waals surface area contributed by atoms with E-state index in [1.165, 1.54) is 18.9 Å². The average molecular weight is 342 g/mol. The van der Waals surface area contributed by atoms with Gasteiger partial charge in [0, 0.05) is 18.5 Å². The summed E-state index contributed by atoms with van der Waals surface area (Å²) in [5.41, 5.74) is 1.14. The summed E-state index contributed by atoms with van der Waals surface area (Å²) in [5, 5.41) is 10.1. The van der Waals surface area contributed by atoms with E-state index in [1.54, 1.807) is 0 Å². The lowest BCUT2D eigenvalue weighted by Crippen LogP contribution is -2.38. The zero-order valence-electron chi connectivity index (χ0n) is 11.6. The van der Waals surface area contributed by atoms with Crippen LogP contribution in [0.15, 0.2) is 22.7 Å². The highest BCUT2D eigenvalue weighted by Crippen LogP contribution is 2.36. The molecule has 2 aliphatic rings. The maximum Gasteiger partial charge on any atom is 0.137 e. The van der Waals surface area contributed by atoms with Gasteiger partial charge in [-0.15, -0.1) is 0 Å². The second kappa shape index (κ2) is 6.12. The minimum Gasteiger partial charge on any atom is -0.393 e. The van der Waals surface area contributed by atoms with Gasteiger partial charge in [0.25, 0.3) is 0 Å². The van der Waals surface area contributed by atoms with E-state index in [0.29, 0.717) is 16.4 Å². The molecule has 0 radical (unpaired) electrons. The smallest absolute Gasteiger partial charge is 0.137 e. The van der Waals surface area contributed by atoms with Crippen molar-refractivity contribution in [2.24, 2.45) is 5.92 Å². The Bertz CT molecular complexity index is 482. The SMILES string of the molecule is OC1CCCC1C1CCCN1Cc1ccc(F)c(Br)c1. The van der Waals surface area contributed by atoms with Crippen molar-refractivity contribution in [3.05, 3.63) is 34.1 Å². The van der Waals surface area contributed by atoms with Crippen molar-refractivity contribution in [2.45, 2.75) is 50.8 Å². The van der Waals surface area contributed by atoms with E-state index >= 15 is 0 Å². The molecular weight excluding hydrogens is 321 g/mol. The quantitative estimate of drug-likeness (QED) is 0.905. The van der Waals surface area contributed by atoms with Gasteiger partial charge in [0.1, 0.15) is 5.82 Å². The van der Waals surface area contributed by atoms with Gasteiger partial charge in [-0.25, -0.2) is 4.39 Å². The second-order valence-electron chi connectivity index (χ2n) is 6.09. The highest BCUT2D eigenvalue weighted by molar-refractivity contribution is 9.10. The number of likely N-dealkylation sites (tertiary alicyclic amines) is 1. The zero-order valence-corrected chi connectivity index (χ0v) is 13.2. The second-order valence-corrected chi connectivity index (χ2v) is 6.94. The minimum absolute atomic E-state index is 0.124. The lowest BCUT2D eigenvalue weighted by atomic mass is 9.94. The fourth-order valence-electron chi connectivity index (χ4n) is 3.82. The number of halogens is 2. The van der Waals surface area contributed by atoms with Crippen LogP contribution in [0.3, 0.4) is 0 Å². The minimum atomic E-state index is -0.210. The van der Waals surface area contributed by atoms with E-state index in [-0.39, 0.29) is 11.9 Å². The van der Waals surface area contributed by atoms with Gasteiger partial charge in [-0.2, -0.15) is 0 Å². The molecule has 0 spiro atoms. The molecular formula is C16H21BrFNO. The number of hydrogen-bond donors (Lipinski definition) is 1. The first-order valence-corrected chi connectivity index (χ1v) is 8.30. The molecule has 2 nitrogen and oxygen atoms in total. The maximum atomic E-state index is 13.3. The van der Waals surface area contributed by atoms with E-state index in [2.05, 4.69) is 20.8 Å². The van der Waals surface area contributed by atoms with Crippen molar-refractivity contribution < 1.29 is 9.50 Å². The molecule has 1 aromatic rings. The van der Waals surface area contributed by atoms with Crippen LogP contribution in [0, 0.1) is 11.7 Å². The van der Waals surface area contributed by atoms with Crippen LogP contribution in [-0.4, -0.2) is 28.7 Å². The first-order chi connectivity index (χ1) is 9.65. The average Bonchev–Trinajstić information content (AvgIpc) is 3.02. The Hall–Kier alpha value is -0.450. The molecule has 20 heavy (non-hydrogen) atoms. The largest absolute Gasteiger partial charge is 0.393 e. The summed E-state index contributed by atoms with van der Waals surface area (Å²) in [6.45, 7) is 1.94. The van der Waals surface area contributed by atoms with Crippen molar-refractivity contribution in [3.63, 3.8) is 0 Å². The number of rotatable bonds is 3. The molecule has 1 saturated carbocycles. The topological polar surface area (TPSA) is 23.5 Å². The Morgan fingerprint density at radius 2 is 2.10 bits per heavy atom. The summed E-state index contributed by atoms with van der Waals surface area (Å²) < 4.78 is 13.8. The molecule has 1 saturated heterocycles. The van der Waals surface area contributed by atoms with Crippen molar-refractivity contribution in [1.29, 1.82) is 0 Å². The van der Waals surface area contributed by atoms with Crippen LogP contribution in [0.4, 0.5) is 4.39 Å². The number of nitrogens with zero attached hydrogens (tertiary/aromatic N) is 1. The molecule has 4 heteroatoms. The highest BCUT2D eigenvalue weighted by atomic mass is 79.9. The lowest BCUT2D eigenvalue weighted by Gasteiger charge is -2.31. The summed E-state index contributed by atoms with van der Waals surface area (Å²) in [4.78, 5) is 2.47. The van der Waals surface area contributed by atoms with Crippen LogP contribution in [0.1, 0.15) is 37.7 Å². The van der Waals surface area contributed by atoms with E-state index in [0.717, 1.165) is 37.9 Å². The number of aliphatic hydroxyl groups is 1. The predicted molar refractivity (Wildman–Crippen MR) is 80.9 cm³/mol. The molecule has 3 unspecified atom stereocenters.